The Morgan fingerprint density at radius 3 is 2.46 bits per heavy atom. The summed E-state index contributed by atoms with van der Waals surface area (Å²) in [5.41, 5.74) is 0.890. The fourth-order valence-electron chi connectivity index (χ4n) is 2.08. The van der Waals surface area contributed by atoms with E-state index in [2.05, 4.69) is 6.07 Å². The van der Waals surface area contributed by atoms with Crippen LogP contribution in [0.15, 0.2) is 10.5 Å². The number of aryl methyl sites for hydroxylation is 2. The minimum absolute atomic E-state index is 0.220. The van der Waals surface area contributed by atoms with E-state index in [1.165, 1.54) is 0 Å². The summed E-state index contributed by atoms with van der Waals surface area (Å²) in [4.78, 5) is 0. The van der Waals surface area contributed by atoms with Crippen molar-refractivity contribution in [1.29, 1.82) is 5.26 Å². The molecule has 2 nitrogen and oxygen atoms in total. The third kappa shape index (κ3) is 1.07. The normalized spacial score (nSPS) is 19.2. The molecule has 0 aromatic carbocycles. The Kier molecular flexibility index (Phi) is 1.69. The molecule has 0 saturated heterocycles. The standard InChI is InChI=1S/C11H13NO/c1-8-6-10(9(2)13-8)11(7-12)4-3-5-11/h6H,3-5H2,1-2H3. The summed E-state index contributed by atoms with van der Waals surface area (Å²) in [7, 11) is 0. The molecule has 2 heteroatoms. The predicted molar refractivity (Wildman–Crippen MR) is 49.3 cm³/mol. The third-order valence-corrected chi connectivity index (χ3v) is 2.98. The monoisotopic (exact) mass is 175 g/mol. The predicted octanol–water partition coefficient (Wildman–Crippen LogP) is 2.84. The maximum Gasteiger partial charge on any atom is 0.105 e. The molecule has 1 aromatic heterocycles. The van der Waals surface area contributed by atoms with Crippen LogP contribution in [0.5, 0.6) is 0 Å². The number of nitrogens with zero attached hydrogens (tertiary/aromatic N) is 1. The van der Waals surface area contributed by atoms with Gasteiger partial charge in [-0.15, -0.1) is 0 Å². The molecule has 0 atom stereocenters. The van der Waals surface area contributed by atoms with Crippen LogP contribution in [0, 0.1) is 25.2 Å². The lowest BCUT2D eigenvalue weighted by Crippen LogP contribution is -2.32. The molecule has 1 aromatic rings. The topological polar surface area (TPSA) is 36.9 Å². The molecular formula is C11H13NO. The fraction of sp³-hybridized carbons (Fsp3) is 0.545. The zero-order valence-electron chi connectivity index (χ0n) is 8.05. The highest BCUT2D eigenvalue weighted by molar-refractivity contribution is 5.38. The molecule has 0 N–H and O–H groups in total. The number of hydrogen-bond donors (Lipinski definition) is 0. The first-order valence-electron chi connectivity index (χ1n) is 4.67. The van der Waals surface area contributed by atoms with Crippen LogP contribution in [-0.2, 0) is 5.41 Å². The molecule has 68 valence electrons. The van der Waals surface area contributed by atoms with Gasteiger partial charge in [-0.3, -0.25) is 0 Å². The molecule has 0 bridgehead atoms. The minimum atomic E-state index is -0.220. The van der Waals surface area contributed by atoms with Crippen LogP contribution in [0.25, 0.3) is 0 Å². The molecule has 2 rings (SSSR count). The number of rotatable bonds is 1. The molecule has 1 heterocycles. The maximum atomic E-state index is 9.13. The van der Waals surface area contributed by atoms with Gasteiger partial charge in [0.25, 0.3) is 0 Å². The van der Waals surface area contributed by atoms with E-state index in [4.69, 9.17) is 9.68 Å². The van der Waals surface area contributed by atoms with E-state index >= 15 is 0 Å². The van der Waals surface area contributed by atoms with Gasteiger partial charge in [-0.2, -0.15) is 5.26 Å². The van der Waals surface area contributed by atoms with Gasteiger partial charge in [0, 0.05) is 5.56 Å². The highest BCUT2D eigenvalue weighted by atomic mass is 16.3. The summed E-state index contributed by atoms with van der Waals surface area (Å²) in [6.07, 6.45) is 3.14. The highest BCUT2D eigenvalue weighted by Gasteiger charge is 2.41. The van der Waals surface area contributed by atoms with Crippen LogP contribution in [0.4, 0.5) is 0 Å². The van der Waals surface area contributed by atoms with Crippen molar-refractivity contribution in [3.63, 3.8) is 0 Å². The Balaban J connectivity index is 2.45. The largest absolute Gasteiger partial charge is 0.466 e. The van der Waals surface area contributed by atoms with Crippen molar-refractivity contribution in [2.45, 2.75) is 38.5 Å². The first kappa shape index (κ1) is 8.37. The molecule has 0 spiro atoms. The lowest BCUT2D eigenvalue weighted by Gasteiger charge is -2.34. The molecular weight excluding hydrogens is 162 g/mol. The summed E-state index contributed by atoms with van der Waals surface area (Å²) in [6.45, 7) is 3.87. The first-order valence-corrected chi connectivity index (χ1v) is 4.67. The molecule has 13 heavy (non-hydrogen) atoms. The maximum absolute atomic E-state index is 9.13. The molecule has 1 aliphatic rings. The van der Waals surface area contributed by atoms with Gasteiger partial charge < -0.3 is 4.42 Å². The summed E-state index contributed by atoms with van der Waals surface area (Å²) in [6, 6.07) is 4.44. The fourth-order valence-corrected chi connectivity index (χ4v) is 2.08. The average Bonchev–Trinajstić information content (AvgIpc) is 2.30. The van der Waals surface area contributed by atoms with E-state index in [1.807, 2.05) is 19.9 Å². The molecule has 0 radical (unpaired) electrons. The summed E-state index contributed by atoms with van der Waals surface area (Å²) in [5.74, 6) is 1.83. The van der Waals surface area contributed by atoms with Gasteiger partial charge in [0.05, 0.1) is 11.5 Å². The Bertz CT molecular complexity index is 366. The SMILES string of the molecule is Cc1cc(C2(C#N)CCC2)c(C)o1. The van der Waals surface area contributed by atoms with E-state index in [1.54, 1.807) is 0 Å². The highest BCUT2D eigenvalue weighted by Crippen LogP contribution is 2.45. The second-order valence-corrected chi connectivity index (χ2v) is 3.87. The molecule has 1 saturated carbocycles. The van der Waals surface area contributed by atoms with Crippen LogP contribution in [0.1, 0.15) is 36.3 Å². The van der Waals surface area contributed by atoms with Crippen molar-refractivity contribution in [3.05, 3.63) is 23.2 Å². The van der Waals surface area contributed by atoms with E-state index in [9.17, 15) is 0 Å². The van der Waals surface area contributed by atoms with Gasteiger partial charge in [-0.05, 0) is 39.2 Å². The molecule has 0 aliphatic heterocycles. The number of hydrogen-bond acceptors (Lipinski definition) is 2. The zero-order valence-corrected chi connectivity index (χ0v) is 8.05. The quantitative estimate of drug-likeness (QED) is 0.658. The number of nitriles is 1. The van der Waals surface area contributed by atoms with Gasteiger partial charge in [-0.25, -0.2) is 0 Å². The van der Waals surface area contributed by atoms with Gasteiger partial charge in [0.1, 0.15) is 11.5 Å². The molecule has 1 fully saturated rings. The van der Waals surface area contributed by atoms with Crippen molar-refractivity contribution in [2.24, 2.45) is 0 Å². The minimum Gasteiger partial charge on any atom is -0.466 e. The summed E-state index contributed by atoms with van der Waals surface area (Å²) >= 11 is 0. The molecule has 1 aliphatic carbocycles. The van der Waals surface area contributed by atoms with E-state index in [0.29, 0.717) is 0 Å². The lowest BCUT2D eigenvalue weighted by atomic mass is 9.65. The van der Waals surface area contributed by atoms with Crippen molar-refractivity contribution >= 4 is 0 Å². The average molecular weight is 175 g/mol. The first-order chi connectivity index (χ1) is 6.18. The smallest absolute Gasteiger partial charge is 0.105 e. The van der Waals surface area contributed by atoms with Crippen LogP contribution in [0.2, 0.25) is 0 Å². The Morgan fingerprint density at radius 1 is 1.46 bits per heavy atom. The Hall–Kier alpha value is -1.23. The van der Waals surface area contributed by atoms with Crippen LogP contribution in [0.3, 0.4) is 0 Å². The van der Waals surface area contributed by atoms with Gasteiger partial charge >= 0.3 is 0 Å². The van der Waals surface area contributed by atoms with Crippen molar-refractivity contribution < 1.29 is 4.42 Å². The lowest BCUT2D eigenvalue weighted by molar-refractivity contribution is 0.318. The van der Waals surface area contributed by atoms with Crippen molar-refractivity contribution in [2.75, 3.05) is 0 Å². The number of furan rings is 1. The molecule has 0 unspecified atom stereocenters. The van der Waals surface area contributed by atoms with E-state index < -0.39 is 0 Å². The van der Waals surface area contributed by atoms with Gasteiger partial charge in [0.15, 0.2) is 0 Å². The second-order valence-electron chi connectivity index (χ2n) is 3.87. The van der Waals surface area contributed by atoms with Gasteiger partial charge in [-0.1, -0.05) is 0 Å². The van der Waals surface area contributed by atoms with Crippen LogP contribution < -0.4 is 0 Å². The zero-order chi connectivity index (χ0) is 9.47. The summed E-state index contributed by atoms with van der Waals surface area (Å²) < 4.78 is 5.45. The Labute approximate surface area is 78.2 Å². The van der Waals surface area contributed by atoms with E-state index in [0.717, 1.165) is 36.3 Å². The van der Waals surface area contributed by atoms with Crippen LogP contribution >= 0.6 is 0 Å². The van der Waals surface area contributed by atoms with E-state index in [-0.39, 0.29) is 5.41 Å². The summed E-state index contributed by atoms with van der Waals surface area (Å²) in [5, 5.41) is 9.13. The molecule has 0 amide bonds. The second kappa shape index (κ2) is 2.63. The van der Waals surface area contributed by atoms with Crippen LogP contribution in [-0.4, -0.2) is 0 Å². The third-order valence-electron chi connectivity index (χ3n) is 2.98. The van der Waals surface area contributed by atoms with Crippen molar-refractivity contribution in [3.8, 4) is 6.07 Å². The van der Waals surface area contributed by atoms with Gasteiger partial charge in [0.2, 0.25) is 0 Å². The van der Waals surface area contributed by atoms with Crippen molar-refractivity contribution in [1.82, 2.24) is 0 Å². The Morgan fingerprint density at radius 2 is 2.15 bits per heavy atom.